The van der Waals surface area contributed by atoms with Gasteiger partial charge in [-0.25, -0.2) is 0 Å². The second-order valence-corrected chi connectivity index (χ2v) is 2.25. The number of fused-ring (bicyclic) bond motifs is 5. The van der Waals surface area contributed by atoms with Crippen LogP contribution in [-0.4, -0.2) is 19.5 Å². The van der Waals surface area contributed by atoms with E-state index < -0.39 is 0 Å². The molecule has 0 aliphatic rings. The van der Waals surface area contributed by atoms with Gasteiger partial charge in [0.05, 0.1) is 12.4 Å². The lowest BCUT2D eigenvalue weighted by Gasteiger charge is -1.83. The quantitative estimate of drug-likeness (QED) is 0.468. The molecule has 4 bridgehead atoms. The van der Waals surface area contributed by atoms with Crippen LogP contribution in [0.1, 0.15) is 0 Å². The highest BCUT2D eigenvalue weighted by Crippen LogP contribution is 2.03. The highest BCUT2D eigenvalue weighted by atomic mass is 16.4. The van der Waals surface area contributed by atoms with Gasteiger partial charge >= 0.3 is 0 Å². The van der Waals surface area contributed by atoms with Gasteiger partial charge in [0.1, 0.15) is 0 Å². The average molecular weight is 148 g/mol. The van der Waals surface area contributed by atoms with Crippen LogP contribution in [0.5, 0.6) is 0 Å². The lowest BCUT2D eigenvalue weighted by atomic mass is 10.7. The summed E-state index contributed by atoms with van der Waals surface area (Å²) in [6.07, 6.45) is 3.57. The fraction of sp³-hybridized carbons (Fsp3) is 0. The largest absolute Gasteiger partial charge is 0.417 e. The van der Waals surface area contributed by atoms with Gasteiger partial charge in [-0.2, -0.15) is 9.26 Å². The maximum Gasteiger partial charge on any atom is 0.242 e. The van der Waals surface area contributed by atoms with Gasteiger partial charge in [0.2, 0.25) is 11.4 Å². The second-order valence-electron chi connectivity index (χ2n) is 2.25. The molecule has 11 heavy (non-hydrogen) atoms. The first-order valence-corrected chi connectivity index (χ1v) is 3.22. The number of nitrogens with zero attached hydrogens (tertiary/aromatic N) is 4. The summed E-state index contributed by atoms with van der Waals surface area (Å²) in [4.78, 5) is 0. The van der Waals surface area contributed by atoms with Crippen LogP contribution in [0.2, 0.25) is 0 Å². The summed E-state index contributed by atoms with van der Waals surface area (Å²) in [5.41, 5.74) is 1.16. The van der Waals surface area contributed by atoms with Crippen molar-refractivity contribution >= 4 is 11.4 Å². The zero-order valence-electron chi connectivity index (χ0n) is 5.51. The molecule has 3 rings (SSSR count). The van der Waals surface area contributed by atoms with E-state index >= 15 is 0 Å². The van der Waals surface area contributed by atoms with Crippen molar-refractivity contribution in [2.24, 2.45) is 0 Å². The first-order chi connectivity index (χ1) is 5.42. The minimum atomic E-state index is 0.579. The Kier molecular flexibility index (Phi) is 0.650. The molecule has 3 aromatic rings. The predicted octanol–water partition coefficient (Wildman–Crippen LogP) is 0.575. The molecular formula is C6H4N4O. The Labute approximate surface area is 60.8 Å². The lowest BCUT2D eigenvalue weighted by molar-refractivity contribution is 0.629. The van der Waals surface area contributed by atoms with Crippen LogP contribution in [-0.2, 0) is 0 Å². The summed E-state index contributed by atoms with van der Waals surface area (Å²) >= 11 is 0. The van der Waals surface area contributed by atoms with Crippen molar-refractivity contribution in [2.45, 2.75) is 0 Å². The monoisotopic (exact) mass is 148 g/mol. The van der Waals surface area contributed by atoms with Crippen molar-refractivity contribution in [2.75, 3.05) is 0 Å². The van der Waals surface area contributed by atoms with Gasteiger partial charge in [0.25, 0.3) is 0 Å². The second kappa shape index (κ2) is 1.45. The zero-order chi connectivity index (χ0) is 7.26. The van der Waals surface area contributed by atoms with Crippen molar-refractivity contribution < 1.29 is 4.42 Å². The highest BCUT2D eigenvalue weighted by Gasteiger charge is 1.98. The molecular weight excluding hydrogens is 144 g/mol. The highest BCUT2D eigenvalue weighted by molar-refractivity contribution is 5.36. The van der Waals surface area contributed by atoms with E-state index in [4.69, 9.17) is 4.42 Å². The molecule has 0 N–H and O–H groups in total. The maximum absolute atomic E-state index is 5.24. The molecule has 5 heteroatoms. The number of hydrogen-bond donors (Lipinski definition) is 0. The van der Waals surface area contributed by atoms with Crippen LogP contribution in [0.15, 0.2) is 28.9 Å². The number of aromatic nitrogens is 4. The molecule has 0 fully saturated rings. The topological polar surface area (TPSA) is 47.7 Å². The molecule has 0 saturated carbocycles. The lowest BCUT2D eigenvalue weighted by Crippen LogP contribution is -1.96. The summed E-state index contributed by atoms with van der Waals surface area (Å²) in [7, 11) is 0. The van der Waals surface area contributed by atoms with E-state index in [0.717, 1.165) is 0 Å². The van der Waals surface area contributed by atoms with Crippen molar-refractivity contribution in [1.29, 1.82) is 0 Å². The Balaban J connectivity index is 2.80. The molecule has 0 amide bonds. The first kappa shape index (κ1) is 4.95. The Bertz CT molecular complexity index is 457. The molecule has 0 aliphatic carbocycles. The zero-order valence-corrected chi connectivity index (χ0v) is 5.51. The summed E-state index contributed by atoms with van der Waals surface area (Å²) in [6, 6.07) is 3.57. The minimum absolute atomic E-state index is 0.579. The normalized spacial score (nSPS) is 11.6. The average Bonchev–Trinajstić information content (AvgIpc) is 2.48. The van der Waals surface area contributed by atoms with E-state index in [1.165, 1.54) is 0 Å². The van der Waals surface area contributed by atoms with Crippen molar-refractivity contribution in [3.8, 4) is 0 Å². The molecule has 0 radical (unpaired) electrons. The Hall–Kier alpha value is -1.78. The van der Waals surface area contributed by atoms with Crippen LogP contribution in [0.4, 0.5) is 0 Å². The van der Waals surface area contributed by atoms with E-state index in [0.29, 0.717) is 11.4 Å². The fourth-order valence-corrected chi connectivity index (χ4v) is 1.04. The molecule has 3 heterocycles. The SMILES string of the molecule is c1cn2nc1oc1ccn2n1. The van der Waals surface area contributed by atoms with Crippen LogP contribution in [0.3, 0.4) is 0 Å². The molecule has 54 valence electrons. The Morgan fingerprint density at radius 2 is 1.55 bits per heavy atom. The van der Waals surface area contributed by atoms with Crippen LogP contribution >= 0.6 is 0 Å². The molecule has 0 aliphatic heterocycles. The Morgan fingerprint density at radius 3 is 2.09 bits per heavy atom. The number of hydrogen-bond acceptors (Lipinski definition) is 3. The summed E-state index contributed by atoms with van der Waals surface area (Å²) < 4.78 is 8.44. The van der Waals surface area contributed by atoms with Gasteiger partial charge in [0, 0.05) is 12.1 Å². The summed E-state index contributed by atoms with van der Waals surface area (Å²) in [6.45, 7) is 0. The predicted molar refractivity (Wildman–Crippen MR) is 36.2 cm³/mol. The van der Waals surface area contributed by atoms with Gasteiger partial charge in [-0.15, -0.1) is 10.2 Å². The molecule has 0 saturated heterocycles. The van der Waals surface area contributed by atoms with Gasteiger partial charge < -0.3 is 4.42 Å². The molecule has 0 spiro atoms. The van der Waals surface area contributed by atoms with E-state index in [-0.39, 0.29) is 0 Å². The van der Waals surface area contributed by atoms with Crippen molar-refractivity contribution in [3.05, 3.63) is 24.5 Å². The van der Waals surface area contributed by atoms with Gasteiger partial charge in [0.15, 0.2) is 0 Å². The van der Waals surface area contributed by atoms with E-state index in [2.05, 4.69) is 10.2 Å². The summed E-state index contributed by atoms with van der Waals surface area (Å²) in [5, 5.41) is 8.09. The summed E-state index contributed by atoms with van der Waals surface area (Å²) in [5.74, 6) is 0. The van der Waals surface area contributed by atoms with E-state index in [9.17, 15) is 0 Å². The molecule has 0 aromatic carbocycles. The van der Waals surface area contributed by atoms with Crippen LogP contribution in [0, 0.1) is 0 Å². The first-order valence-electron chi connectivity index (χ1n) is 3.22. The molecule has 0 unspecified atom stereocenters. The minimum Gasteiger partial charge on any atom is -0.417 e. The standard InChI is InChI=1S/C6H4N4O/c1-3-9-7-5(1)11-6-2-4-10(9)8-6/h1-4H. The van der Waals surface area contributed by atoms with Crippen molar-refractivity contribution in [1.82, 2.24) is 19.5 Å². The van der Waals surface area contributed by atoms with Gasteiger partial charge in [-0.3, -0.25) is 0 Å². The van der Waals surface area contributed by atoms with Crippen LogP contribution < -0.4 is 0 Å². The van der Waals surface area contributed by atoms with E-state index in [1.54, 1.807) is 33.8 Å². The fourth-order valence-electron chi connectivity index (χ4n) is 1.04. The van der Waals surface area contributed by atoms with Gasteiger partial charge in [-0.1, -0.05) is 0 Å². The van der Waals surface area contributed by atoms with Crippen LogP contribution in [0.25, 0.3) is 11.4 Å². The molecule has 3 aromatic heterocycles. The molecule has 0 atom stereocenters. The number of rotatable bonds is 0. The third-order valence-electron chi connectivity index (χ3n) is 1.52. The third-order valence-corrected chi connectivity index (χ3v) is 1.52. The van der Waals surface area contributed by atoms with Gasteiger partial charge in [-0.05, 0) is 0 Å². The van der Waals surface area contributed by atoms with E-state index in [1.807, 2.05) is 0 Å². The third kappa shape index (κ3) is 0.542. The molecule has 5 nitrogen and oxygen atoms in total. The Morgan fingerprint density at radius 1 is 1.00 bits per heavy atom. The smallest absolute Gasteiger partial charge is 0.242 e. The maximum atomic E-state index is 5.24. The van der Waals surface area contributed by atoms with Crippen molar-refractivity contribution in [3.63, 3.8) is 0 Å².